The molecule has 0 fully saturated rings. The second-order valence-corrected chi connectivity index (χ2v) is 3.69. The molecule has 0 saturated heterocycles. The van der Waals surface area contributed by atoms with Crippen LogP contribution in [-0.4, -0.2) is 15.1 Å². The van der Waals surface area contributed by atoms with Gasteiger partial charge in [-0.3, -0.25) is 4.98 Å². The van der Waals surface area contributed by atoms with Crippen LogP contribution in [0.2, 0.25) is 0 Å². The first-order valence-electron chi connectivity index (χ1n) is 5.25. The lowest BCUT2D eigenvalue weighted by atomic mass is 10.2. The Labute approximate surface area is 106 Å². The molecule has 4 nitrogen and oxygen atoms in total. The summed E-state index contributed by atoms with van der Waals surface area (Å²) in [6.07, 6.45) is -2.14. The highest BCUT2D eigenvalue weighted by molar-refractivity contribution is 5.22. The number of rotatable bonds is 3. The second-order valence-electron chi connectivity index (χ2n) is 3.69. The maximum absolute atomic E-state index is 12.3. The van der Waals surface area contributed by atoms with Crippen LogP contribution >= 0.6 is 0 Å². The molecule has 0 unspecified atom stereocenters. The molecule has 2 rings (SSSR count). The van der Waals surface area contributed by atoms with Gasteiger partial charge in [0.25, 0.3) is 0 Å². The third kappa shape index (κ3) is 3.57. The zero-order valence-electron chi connectivity index (χ0n) is 9.55. The van der Waals surface area contributed by atoms with E-state index in [1.807, 2.05) is 0 Å². The molecule has 0 amide bonds. The van der Waals surface area contributed by atoms with Gasteiger partial charge in [-0.2, -0.15) is 13.2 Å². The SMILES string of the molecule is Oc1ccc(OCc2ccc(C(F)(F)F)nc2)nc1. The molecule has 19 heavy (non-hydrogen) atoms. The van der Waals surface area contributed by atoms with E-state index in [4.69, 9.17) is 9.84 Å². The minimum absolute atomic E-state index is 0.00328. The van der Waals surface area contributed by atoms with Crippen LogP contribution in [0.4, 0.5) is 13.2 Å². The molecule has 0 spiro atoms. The summed E-state index contributed by atoms with van der Waals surface area (Å²) >= 11 is 0. The molecule has 0 aliphatic rings. The van der Waals surface area contributed by atoms with Crippen molar-refractivity contribution < 1.29 is 23.0 Å². The average molecular weight is 270 g/mol. The zero-order valence-corrected chi connectivity index (χ0v) is 9.55. The van der Waals surface area contributed by atoms with Gasteiger partial charge in [-0.1, -0.05) is 6.07 Å². The molecule has 0 aliphatic heterocycles. The highest BCUT2D eigenvalue weighted by Crippen LogP contribution is 2.27. The topological polar surface area (TPSA) is 55.2 Å². The van der Waals surface area contributed by atoms with E-state index in [0.717, 1.165) is 12.3 Å². The van der Waals surface area contributed by atoms with Gasteiger partial charge in [0.1, 0.15) is 18.1 Å². The predicted molar refractivity (Wildman–Crippen MR) is 59.5 cm³/mol. The van der Waals surface area contributed by atoms with Crippen LogP contribution in [0, 0.1) is 0 Å². The summed E-state index contributed by atoms with van der Waals surface area (Å²) in [6, 6.07) is 5.03. The Morgan fingerprint density at radius 2 is 1.84 bits per heavy atom. The summed E-state index contributed by atoms with van der Waals surface area (Å²) in [5, 5.41) is 9.01. The fraction of sp³-hybridized carbons (Fsp3) is 0.167. The van der Waals surface area contributed by atoms with Crippen LogP contribution in [0.5, 0.6) is 11.6 Å². The van der Waals surface area contributed by atoms with Gasteiger partial charge in [0.05, 0.1) is 6.20 Å². The second kappa shape index (κ2) is 5.13. The molecule has 0 aliphatic carbocycles. The number of aromatic hydroxyl groups is 1. The molecule has 0 atom stereocenters. The van der Waals surface area contributed by atoms with Gasteiger partial charge in [-0.25, -0.2) is 4.98 Å². The number of nitrogens with zero attached hydrogens (tertiary/aromatic N) is 2. The van der Waals surface area contributed by atoms with Crippen molar-refractivity contribution in [3.8, 4) is 11.6 Å². The molecule has 2 heterocycles. The quantitative estimate of drug-likeness (QED) is 0.931. The molecule has 100 valence electrons. The molecule has 2 aromatic heterocycles. The predicted octanol–water partition coefficient (Wildman–Crippen LogP) is 2.78. The number of hydrogen-bond acceptors (Lipinski definition) is 4. The fourth-order valence-electron chi connectivity index (χ4n) is 1.29. The lowest BCUT2D eigenvalue weighted by Crippen LogP contribution is -2.08. The summed E-state index contributed by atoms with van der Waals surface area (Å²) in [7, 11) is 0. The zero-order chi connectivity index (χ0) is 13.9. The third-order valence-corrected chi connectivity index (χ3v) is 2.22. The lowest BCUT2D eigenvalue weighted by Gasteiger charge is -2.07. The Balaban J connectivity index is 1.98. The first kappa shape index (κ1) is 13.1. The number of hydrogen-bond donors (Lipinski definition) is 1. The van der Waals surface area contributed by atoms with Crippen LogP contribution in [-0.2, 0) is 12.8 Å². The Morgan fingerprint density at radius 1 is 1.05 bits per heavy atom. The van der Waals surface area contributed by atoms with Crippen molar-refractivity contribution in [2.75, 3.05) is 0 Å². The largest absolute Gasteiger partial charge is 0.506 e. The monoisotopic (exact) mass is 270 g/mol. The fourth-order valence-corrected chi connectivity index (χ4v) is 1.29. The standard InChI is InChI=1S/C12H9F3N2O2/c13-12(14,15)10-3-1-8(5-16-10)7-19-11-4-2-9(18)6-17-11/h1-6,18H,7H2. The molecule has 0 saturated carbocycles. The highest BCUT2D eigenvalue weighted by atomic mass is 19.4. The molecule has 1 N–H and O–H groups in total. The molecular formula is C12H9F3N2O2. The molecular weight excluding hydrogens is 261 g/mol. The normalized spacial score (nSPS) is 11.3. The molecule has 0 aromatic carbocycles. The Bertz CT molecular complexity index is 538. The summed E-state index contributed by atoms with van der Waals surface area (Å²) in [6.45, 7) is 0.0446. The number of pyridine rings is 2. The molecule has 0 radical (unpaired) electrons. The van der Waals surface area contributed by atoms with Crippen molar-refractivity contribution in [1.29, 1.82) is 0 Å². The summed E-state index contributed by atoms with van der Waals surface area (Å²) in [5.74, 6) is 0.265. The van der Waals surface area contributed by atoms with Gasteiger partial charge >= 0.3 is 6.18 Å². The van der Waals surface area contributed by atoms with E-state index in [2.05, 4.69) is 9.97 Å². The summed E-state index contributed by atoms with van der Waals surface area (Å²) in [5.41, 5.74) is -0.457. The van der Waals surface area contributed by atoms with Crippen LogP contribution in [0.15, 0.2) is 36.7 Å². The highest BCUT2D eigenvalue weighted by Gasteiger charge is 2.31. The number of aromatic nitrogens is 2. The molecule has 7 heteroatoms. The smallest absolute Gasteiger partial charge is 0.433 e. The van der Waals surface area contributed by atoms with E-state index >= 15 is 0 Å². The number of ether oxygens (including phenoxy) is 1. The lowest BCUT2D eigenvalue weighted by molar-refractivity contribution is -0.141. The van der Waals surface area contributed by atoms with Gasteiger partial charge in [0, 0.05) is 17.8 Å². The van der Waals surface area contributed by atoms with Crippen molar-refractivity contribution in [1.82, 2.24) is 9.97 Å². The van der Waals surface area contributed by atoms with Crippen molar-refractivity contribution in [3.05, 3.63) is 47.9 Å². The van der Waals surface area contributed by atoms with Gasteiger partial charge in [0.15, 0.2) is 0 Å². The maximum Gasteiger partial charge on any atom is 0.433 e. The van der Waals surface area contributed by atoms with Crippen molar-refractivity contribution in [2.24, 2.45) is 0 Å². The van der Waals surface area contributed by atoms with Crippen molar-refractivity contribution in [2.45, 2.75) is 12.8 Å². The van der Waals surface area contributed by atoms with E-state index in [0.29, 0.717) is 5.56 Å². The van der Waals surface area contributed by atoms with Crippen LogP contribution in [0.25, 0.3) is 0 Å². The number of halogens is 3. The van der Waals surface area contributed by atoms with E-state index in [9.17, 15) is 13.2 Å². The first-order chi connectivity index (χ1) is 8.95. The Hall–Kier alpha value is -2.31. The van der Waals surface area contributed by atoms with E-state index in [1.54, 1.807) is 0 Å². The van der Waals surface area contributed by atoms with Crippen molar-refractivity contribution >= 4 is 0 Å². The molecule has 2 aromatic rings. The van der Waals surface area contributed by atoms with Crippen LogP contribution < -0.4 is 4.74 Å². The van der Waals surface area contributed by atoms with E-state index in [1.165, 1.54) is 24.4 Å². The third-order valence-electron chi connectivity index (χ3n) is 2.22. The maximum atomic E-state index is 12.3. The Morgan fingerprint density at radius 3 is 2.37 bits per heavy atom. The first-order valence-corrected chi connectivity index (χ1v) is 5.25. The van der Waals surface area contributed by atoms with Crippen LogP contribution in [0.1, 0.15) is 11.3 Å². The molecule has 0 bridgehead atoms. The van der Waals surface area contributed by atoms with Gasteiger partial charge < -0.3 is 9.84 Å². The minimum atomic E-state index is -4.45. The van der Waals surface area contributed by atoms with E-state index < -0.39 is 11.9 Å². The van der Waals surface area contributed by atoms with E-state index in [-0.39, 0.29) is 18.2 Å². The Kier molecular flexibility index (Phi) is 3.55. The average Bonchev–Trinajstić information content (AvgIpc) is 2.37. The van der Waals surface area contributed by atoms with Crippen molar-refractivity contribution in [3.63, 3.8) is 0 Å². The van der Waals surface area contributed by atoms with Gasteiger partial charge in [-0.05, 0) is 12.1 Å². The van der Waals surface area contributed by atoms with Gasteiger partial charge in [-0.15, -0.1) is 0 Å². The van der Waals surface area contributed by atoms with Crippen LogP contribution in [0.3, 0.4) is 0 Å². The number of alkyl halides is 3. The van der Waals surface area contributed by atoms with Gasteiger partial charge in [0.2, 0.25) is 5.88 Å². The minimum Gasteiger partial charge on any atom is -0.506 e. The summed E-state index contributed by atoms with van der Waals surface area (Å²) < 4.78 is 42.1. The summed E-state index contributed by atoms with van der Waals surface area (Å²) in [4.78, 5) is 7.09.